The number of rotatable bonds is 5. The van der Waals surface area contributed by atoms with Crippen LogP contribution in [0.25, 0.3) is 5.57 Å². The Morgan fingerprint density at radius 3 is 2.42 bits per heavy atom. The van der Waals surface area contributed by atoms with Crippen LogP contribution in [0.15, 0.2) is 48.5 Å². The Labute approximate surface area is 153 Å². The number of nitrogens with zero attached hydrogens (tertiary/aromatic N) is 1. The summed E-state index contributed by atoms with van der Waals surface area (Å²) in [4.78, 5) is 25.9. The molecular formula is C21H23FN2O2. The number of anilines is 1. The standard InChI is InChI=1S/C21H23FN2O2/c1-14-6-5-7-19(16(14)3)23-20(25)13-24(4)21(26)12-15(2)17-8-10-18(22)11-9-17/h5-12H,13H2,1-4H3,(H,23,25)/b15-12-. The average molecular weight is 354 g/mol. The maximum Gasteiger partial charge on any atom is 0.247 e. The second kappa shape index (κ2) is 8.43. The molecule has 0 aliphatic rings. The Morgan fingerprint density at radius 2 is 1.77 bits per heavy atom. The number of halogens is 1. The summed E-state index contributed by atoms with van der Waals surface area (Å²) in [6.07, 6.45) is 1.44. The maximum atomic E-state index is 13.0. The lowest BCUT2D eigenvalue weighted by molar-refractivity contribution is -0.129. The van der Waals surface area contributed by atoms with E-state index in [9.17, 15) is 14.0 Å². The van der Waals surface area contributed by atoms with Gasteiger partial charge in [-0.2, -0.15) is 0 Å². The molecule has 2 aromatic rings. The molecule has 2 amide bonds. The molecule has 0 radical (unpaired) electrons. The van der Waals surface area contributed by atoms with Crippen LogP contribution in [-0.2, 0) is 9.59 Å². The lowest BCUT2D eigenvalue weighted by atomic mass is 10.1. The molecule has 0 bridgehead atoms. The SMILES string of the molecule is C/C(=C/C(=O)N(C)CC(=O)Nc1cccc(C)c1C)c1ccc(F)cc1. The molecule has 4 nitrogen and oxygen atoms in total. The summed E-state index contributed by atoms with van der Waals surface area (Å²) in [5.74, 6) is -0.876. The highest BCUT2D eigenvalue weighted by Gasteiger charge is 2.13. The predicted molar refractivity (Wildman–Crippen MR) is 102 cm³/mol. The maximum absolute atomic E-state index is 13.0. The van der Waals surface area contributed by atoms with Gasteiger partial charge in [0.1, 0.15) is 5.82 Å². The Balaban J connectivity index is 1.99. The number of amides is 2. The molecule has 0 aliphatic carbocycles. The molecule has 0 fully saturated rings. The van der Waals surface area contributed by atoms with Crippen molar-refractivity contribution in [3.8, 4) is 0 Å². The van der Waals surface area contributed by atoms with Gasteiger partial charge in [-0.15, -0.1) is 0 Å². The molecule has 0 aliphatic heterocycles. The monoisotopic (exact) mass is 354 g/mol. The van der Waals surface area contributed by atoms with Crippen molar-refractivity contribution in [2.75, 3.05) is 18.9 Å². The van der Waals surface area contributed by atoms with Gasteiger partial charge in [0.05, 0.1) is 6.54 Å². The van der Waals surface area contributed by atoms with Crippen LogP contribution in [0, 0.1) is 19.7 Å². The third-order valence-corrected chi connectivity index (χ3v) is 4.28. The van der Waals surface area contributed by atoms with Crippen LogP contribution in [0.5, 0.6) is 0 Å². The molecule has 0 saturated carbocycles. The summed E-state index contributed by atoms with van der Waals surface area (Å²) in [5, 5.41) is 2.83. The quantitative estimate of drug-likeness (QED) is 0.827. The second-order valence-electron chi connectivity index (χ2n) is 6.32. The Bertz CT molecular complexity index is 842. The molecule has 5 heteroatoms. The fourth-order valence-electron chi connectivity index (χ4n) is 2.46. The van der Waals surface area contributed by atoms with Gasteiger partial charge in [0.15, 0.2) is 0 Å². The first-order valence-electron chi connectivity index (χ1n) is 8.33. The van der Waals surface area contributed by atoms with Crippen molar-refractivity contribution in [3.05, 3.63) is 71.0 Å². The molecule has 136 valence electrons. The summed E-state index contributed by atoms with van der Waals surface area (Å²) >= 11 is 0. The van der Waals surface area contributed by atoms with Crippen LogP contribution in [0.1, 0.15) is 23.6 Å². The second-order valence-corrected chi connectivity index (χ2v) is 6.32. The van der Waals surface area contributed by atoms with Crippen LogP contribution in [0.3, 0.4) is 0 Å². The van der Waals surface area contributed by atoms with E-state index in [1.807, 2.05) is 32.0 Å². The molecule has 0 unspecified atom stereocenters. The summed E-state index contributed by atoms with van der Waals surface area (Å²) in [5.41, 5.74) is 4.30. The van der Waals surface area contributed by atoms with E-state index in [-0.39, 0.29) is 24.2 Å². The number of hydrogen-bond acceptors (Lipinski definition) is 2. The lowest BCUT2D eigenvalue weighted by Crippen LogP contribution is -2.34. The lowest BCUT2D eigenvalue weighted by Gasteiger charge is -2.16. The largest absolute Gasteiger partial charge is 0.333 e. The van der Waals surface area contributed by atoms with E-state index in [1.165, 1.54) is 23.1 Å². The van der Waals surface area contributed by atoms with Crippen LogP contribution >= 0.6 is 0 Å². The van der Waals surface area contributed by atoms with Gasteiger partial charge in [-0.25, -0.2) is 4.39 Å². The molecule has 0 atom stereocenters. The zero-order valence-corrected chi connectivity index (χ0v) is 15.5. The van der Waals surface area contributed by atoms with E-state index in [0.29, 0.717) is 5.57 Å². The minimum absolute atomic E-state index is 0.0561. The third kappa shape index (κ3) is 5.02. The van der Waals surface area contributed by atoms with Crippen molar-refractivity contribution in [3.63, 3.8) is 0 Å². The van der Waals surface area contributed by atoms with Crippen molar-refractivity contribution in [1.29, 1.82) is 0 Å². The molecule has 0 spiro atoms. The number of carbonyl (C=O) groups is 2. The number of benzene rings is 2. The van der Waals surface area contributed by atoms with Crippen molar-refractivity contribution in [1.82, 2.24) is 4.90 Å². The fourth-order valence-corrected chi connectivity index (χ4v) is 2.46. The van der Waals surface area contributed by atoms with Gasteiger partial charge in [-0.1, -0.05) is 24.3 Å². The number of hydrogen-bond donors (Lipinski definition) is 1. The number of allylic oxidation sites excluding steroid dienone is 1. The van der Waals surface area contributed by atoms with Gasteiger partial charge in [0.2, 0.25) is 11.8 Å². The minimum Gasteiger partial charge on any atom is -0.333 e. The van der Waals surface area contributed by atoms with Gasteiger partial charge >= 0.3 is 0 Å². The van der Waals surface area contributed by atoms with Gasteiger partial charge in [-0.05, 0) is 61.2 Å². The van der Waals surface area contributed by atoms with Crippen LogP contribution in [0.2, 0.25) is 0 Å². The summed E-state index contributed by atoms with van der Waals surface area (Å²) in [7, 11) is 1.57. The molecule has 0 aromatic heterocycles. The summed E-state index contributed by atoms with van der Waals surface area (Å²) < 4.78 is 13.0. The third-order valence-electron chi connectivity index (χ3n) is 4.28. The van der Waals surface area contributed by atoms with E-state index in [2.05, 4.69) is 5.32 Å². The zero-order valence-electron chi connectivity index (χ0n) is 15.5. The van der Waals surface area contributed by atoms with Gasteiger partial charge in [-0.3, -0.25) is 9.59 Å². The van der Waals surface area contributed by atoms with Gasteiger partial charge in [0, 0.05) is 18.8 Å². The van der Waals surface area contributed by atoms with Gasteiger partial charge < -0.3 is 10.2 Å². The predicted octanol–water partition coefficient (Wildman–Crippen LogP) is 3.94. The first-order chi connectivity index (χ1) is 12.3. The average Bonchev–Trinajstić information content (AvgIpc) is 2.59. The minimum atomic E-state index is -0.326. The molecule has 0 heterocycles. The number of carbonyl (C=O) groups excluding carboxylic acids is 2. The Hall–Kier alpha value is -2.95. The molecule has 1 N–H and O–H groups in total. The van der Waals surface area contributed by atoms with E-state index in [4.69, 9.17) is 0 Å². The van der Waals surface area contributed by atoms with Crippen molar-refractivity contribution < 1.29 is 14.0 Å². The molecule has 2 aromatic carbocycles. The normalized spacial score (nSPS) is 11.2. The number of nitrogens with one attached hydrogen (secondary N) is 1. The first kappa shape index (κ1) is 19.4. The van der Waals surface area contributed by atoms with E-state index >= 15 is 0 Å². The number of likely N-dealkylation sites (N-methyl/N-ethyl adjacent to an activating group) is 1. The molecule has 0 saturated heterocycles. The van der Waals surface area contributed by atoms with Crippen molar-refractivity contribution in [2.45, 2.75) is 20.8 Å². The zero-order chi connectivity index (χ0) is 19.3. The highest BCUT2D eigenvalue weighted by atomic mass is 19.1. The summed E-state index contributed by atoms with van der Waals surface area (Å²) in [6.45, 7) is 5.63. The van der Waals surface area contributed by atoms with E-state index in [1.54, 1.807) is 26.1 Å². The Morgan fingerprint density at radius 1 is 1.12 bits per heavy atom. The topological polar surface area (TPSA) is 49.4 Å². The molecule has 2 rings (SSSR count). The smallest absolute Gasteiger partial charge is 0.247 e. The van der Waals surface area contributed by atoms with Crippen LogP contribution in [-0.4, -0.2) is 30.3 Å². The highest BCUT2D eigenvalue weighted by Crippen LogP contribution is 2.18. The van der Waals surface area contributed by atoms with Crippen molar-refractivity contribution >= 4 is 23.1 Å². The summed E-state index contributed by atoms with van der Waals surface area (Å²) in [6, 6.07) is 11.6. The highest BCUT2D eigenvalue weighted by molar-refractivity contribution is 5.99. The van der Waals surface area contributed by atoms with E-state index in [0.717, 1.165) is 22.4 Å². The van der Waals surface area contributed by atoms with Gasteiger partial charge in [0.25, 0.3) is 0 Å². The number of aryl methyl sites for hydroxylation is 1. The van der Waals surface area contributed by atoms with Crippen LogP contribution in [0.4, 0.5) is 10.1 Å². The molecular weight excluding hydrogens is 331 g/mol. The fraction of sp³-hybridized carbons (Fsp3) is 0.238. The first-order valence-corrected chi connectivity index (χ1v) is 8.33. The Kier molecular flexibility index (Phi) is 6.28. The van der Waals surface area contributed by atoms with E-state index < -0.39 is 0 Å². The van der Waals surface area contributed by atoms with Crippen LogP contribution < -0.4 is 5.32 Å². The van der Waals surface area contributed by atoms with Crippen molar-refractivity contribution in [2.24, 2.45) is 0 Å². The molecule has 26 heavy (non-hydrogen) atoms.